The molecule has 1 aliphatic heterocycles. The molecule has 1 atom stereocenters. The van der Waals surface area contributed by atoms with Gasteiger partial charge in [0.1, 0.15) is 0 Å². The first kappa shape index (κ1) is 17.0. The molecule has 1 saturated heterocycles. The van der Waals surface area contributed by atoms with E-state index in [1.807, 2.05) is 19.9 Å². The van der Waals surface area contributed by atoms with Crippen LogP contribution in [-0.2, 0) is 16.0 Å². The van der Waals surface area contributed by atoms with Gasteiger partial charge in [-0.2, -0.15) is 5.26 Å². The zero-order valence-corrected chi connectivity index (χ0v) is 13.6. The summed E-state index contributed by atoms with van der Waals surface area (Å²) in [5.74, 6) is -0.516. The number of likely N-dealkylation sites (tertiary alicyclic amines) is 1. The number of ether oxygens (including phenoxy) is 2. The van der Waals surface area contributed by atoms with E-state index in [0.717, 1.165) is 25.9 Å². The van der Waals surface area contributed by atoms with Crippen LogP contribution in [-0.4, -0.2) is 36.5 Å². The lowest BCUT2D eigenvalue weighted by Crippen LogP contribution is -2.52. The van der Waals surface area contributed by atoms with Crippen molar-refractivity contribution >= 4 is 0 Å². The van der Waals surface area contributed by atoms with Crippen LogP contribution >= 0.6 is 0 Å². The molecule has 120 valence electrons. The van der Waals surface area contributed by atoms with Gasteiger partial charge in [-0.25, -0.2) is 0 Å². The number of hydrogen-bond acceptors (Lipinski definition) is 4. The summed E-state index contributed by atoms with van der Waals surface area (Å²) in [4.78, 5) is 2.38. The summed E-state index contributed by atoms with van der Waals surface area (Å²) < 4.78 is 11.9. The number of nitriles is 1. The summed E-state index contributed by atoms with van der Waals surface area (Å²) in [6.45, 7) is 7.03. The van der Waals surface area contributed by atoms with Crippen molar-refractivity contribution in [3.8, 4) is 6.07 Å². The summed E-state index contributed by atoms with van der Waals surface area (Å²) in [6, 6.07) is 12.9. The first-order chi connectivity index (χ1) is 10.7. The molecule has 1 fully saturated rings. The normalized spacial score (nSPS) is 21.4. The third-order valence-corrected chi connectivity index (χ3v) is 4.21. The van der Waals surface area contributed by atoms with Crippen molar-refractivity contribution < 1.29 is 9.47 Å². The summed E-state index contributed by atoms with van der Waals surface area (Å²) in [6.07, 6.45) is 2.12. The second kappa shape index (κ2) is 8.28. The van der Waals surface area contributed by atoms with Crippen LogP contribution in [0.1, 0.15) is 38.7 Å². The molecular formula is C18H26N2O2. The van der Waals surface area contributed by atoms with Gasteiger partial charge < -0.3 is 9.47 Å². The molecule has 4 nitrogen and oxygen atoms in total. The molecular weight excluding hydrogens is 276 g/mol. The standard InChI is InChI=1S/C18H26N2O2/c1-3-21-18(22-4-2)11-13-20(17(14-18)10-12-19)15-16-8-6-5-7-9-16/h5-9,17H,3-4,10-11,13-15H2,1-2H3. The highest BCUT2D eigenvalue weighted by Crippen LogP contribution is 2.33. The van der Waals surface area contributed by atoms with Crippen LogP contribution in [0.3, 0.4) is 0 Å². The van der Waals surface area contributed by atoms with E-state index < -0.39 is 5.79 Å². The number of piperidine rings is 1. The zero-order chi connectivity index (χ0) is 15.8. The molecule has 0 amide bonds. The highest BCUT2D eigenvalue weighted by Gasteiger charge is 2.41. The topological polar surface area (TPSA) is 45.5 Å². The summed E-state index contributed by atoms with van der Waals surface area (Å²) in [5.41, 5.74) is 1.28. The Morgan fingerprint density at radius 2 is 1.91 bits per heavy atom. The molecule has 0 bridgehead atoms. The lowest BCUT2D eigenvalue weighted by Gasteiger charge is -2.45. The van der Waals surface area contributed by atoms with Crippen molar-refractivity contribution in [3.63, 3.8) is 0 Å². The minimum Gasteiger partial charge on any atom is -0.350 e. The molecule has 0 aromatic heterocycles. The SMILES string of the molecule is CCOC1(OCC)CCN(Cc2ccccc2)C(CC#N)C1. The van der Waals surface area contributed by atoms with E-state index in [1.165, 1.54) is 5.56 Å². The van der Waals surface area contributed by atoms with E-state index >= 15 is 0 Å². The number of hydrogen-bond donors (Lipinski definition) is 0. The highest BCUT2D eigenvalue weighted by molar-refractivity contribution is 5.15. The molecule has 1 heterocycles. The van der Waals surface area contributed by atoms with Crippen LogP contribution in [0.15, 0.2) is 30.3 Å². The van der Waals surface area contributed by atoms with Gasteiger partial charge in [-0.15, -0.1) is 0 Å². The maximum Gasteiger partial charge on any atom is 0.170 e. The third-order valence-electron chi connectivity index (χ3n) is 4.21. The smallest absolute Gasteiger partial charge is 0.170 e. The minimum atomic E-state index is -0.516. The molecule has 0 N–H and O–H groups in total. The molecule has 0 spiro atoms. The highest BCUT2D eigenvalue weighted by atomic mass is 16.7. The Labute approximate surface area is 133 Å². The number of benzene rings is 1. The van der Waals surface area contributed by atoms with Gasteiger partial charge in [0.15, 0.2) is 5.79 Å². The Hall–Kier alpha value is -1.41. The van der Waals surface area contributed by atoms with Gasteiger partial charge in [-0.3, -0.25) is 4.90 Å². The van der Waals surface area contributed by atoms with E-state index in [0.29, 0.717) is 19.6 Å². The van der Waals surface area contributed by atoms with Gasteiger partial charge in [0, 0.05) is 45.2 Å². The van der Waals surface area contributed by atoms with Gasteiger partial charge in [0.2, 0.25) is 0 Å². The van der Waals surface area contributed by atoms with Gasteiger partial charge >= 0.3 is 0 Å². The Kier molecular flexibility index (Phi) is 6.38. The Bertz CT molecular complexity index is 478. The average molecular weight is 302 g/mol. The molecule has 1 unspecified atom stereocenters. The van der Waals surface area contributed by atoms with Crippen molar-refractivity contribution in [1.82, 2.24) is 4.90 Å². The molecule has 0 saturated carbocycles. The maximum absolute atomic E-state index is 9.17. The number of rotatable bonds is 7. The van der Waals surface area contributed by atoms with E-state index in [9.17, 15) is 5.26 Å². The molecule has 0 radical (unpaired) electrons. The van der Waals surface area contributed by atoms with Gasteiger partial charge in [-0.05, 0) is 19.4 Å². The van der Waals surface area contributed by atoms with Crippen molar-refractivity contribution in [2.75, 3.05) is 19.8 Å². The Balaban J connectivity index is 2.08. The van der Waals surface area contributed by atoms with Crippen LogP contribution in [0.4, 0.5) is 0 Å². The van der Waals surface area contributed by atoms with E-state index in [2.05, 4.69) is 35.2 Å². The molecule has 4 heteroatoms. The number of nitrogens with zero attached hydrogens (tertiary/aromatic N) is 2. The summed E-state index contributed by atoms with van der Waals surface area (Å²) >= 11 is 0. The second-order valence-electron chi connectivity index (χ2n) is 5.70. The third kappa shape index (κ3) is 4.30. The molecule has 1 aliphatic rings. The minimum absolute atomic E-state index is 0.178. The summed E-state index contributed by atoms with van der Waals surface area (Å²) in [5, 5.41) is 9.17. The monoisotopic (exact) mass is 302 g/mol. The fourth-order valence-corrected chi connectivity index (χ4v) is 3.25. The Morgan fingerprint density at radius 3 is 2.50 bits per heavy atom. The maximum atomic E-state index is 9.17. The average Bonchev–Trinajstić information content (AvgIpc) is 2.52. The lowest BCUT2D eigenvalue weighted by atomic mass is 9.93. The van der Waals surface area contributed by atoms with Crippen LogP contribution < -0.4 is 0 Å². The van der Waals surface area contributed by atoms with E-state index in [4.69, 9.17) is 9.47 Å². The molecule has 22 heavy (non-hydrogen) atoms. The molecule has 2 rings (SSSR count). The fourth-order valence-electron chi connectivity index (χ4n) is 3.25. The van der Waals surface area contributed by atoms with Crippen molar-refractivity contribution in [1.29, 1.82) is 5.26 Å². The van der Waals surface area contributed by atoms with E-state index in [-0.39, 0.29) is 6.04 Å². The quantitative estimate of drug-likeness (QED) is 0.725. The van der Waals surface area contributed by atoms with Crippen LogP contribution in [0, 0.1) is 11.3 Å². The van der Waals surface area contributed by atoms with Crippen LogP contribution in [0.25, 0.3) is 0 Å². The lowest BCUT2D eigenvalue weighted by molar-refractivity contribution is -0.261. The van der Waals surface area contributed by atoms with Crippen molar-refractivity contribution in [2.24, 2.45) is 0 Å². The second-order valence-corrected chi connectivity index (χ2v) is 5.70. The zero-order valence-electron chi connectivity index (χ0n) is 13.6. The van der Waals surface area contributed by atoms with Crippen LogP contribution in [0.5, 0.6) is 0 Å². The van der Waals surface area contributed by atoms with Gasteiger partial charge in [0.05, 0.1) is 12.5 Å². The van der Waals surface area contributed by atoms with Crippen molar-refractivity contribution in [3.05, 3.63) is 35.9 Å². The molecule has 1 aromatic carbocycles. The van der Waals surface area contributed by atoms with E-state index in [1.54, 1.807) is 0 Å². The Morgan fingerprint density at radius 1 is 1.23 bits per heavy atom. The molecule has 0 aliphatic carbocycles. The van der Waals surface area contributed by atoms with Crippen molar-refractivity contribution in [2.45, 2.75) is 51.5 Å². The molecule has 1 aromatic rings. The largest absolute Gasteiger partial charge is 0.350 e. The fraction of sp³-hybridized carbons (Fsp3) is 0.611. The van der Waals surface area contributed by atoms with Gasteiger partial charge in [-0.1, -0.05) is 30.3 Å². The summed E-state index contributed by atoms with van der Waals surface area (Å²) in [7, 11) is 0. The first-order valence-corrected chi connectivity index (χ1v) is 8.16. The first-order valence-electron chi connectivity index (χ1n) is 8.16. The predicted octanol–water partition coefficient (Wildman–Crippen LogP) is 3.33. The van der Waals surface area contributed by atoms with Crippen LogP contribution in [0.2, 0.25) is 0 Å². The van der Waals surface area contributed by atoms with Gasteiger partial charge in [0.25, 0.3) is 0 Å². The predicted molar refractivity (Wildman–Crippen MR) is 86.1 cm³/mol.